The van der Waals surface area contributed by atoms with Gasteiger partial charge in [-0.05, 0) is 0 Å². The number of nitrogens with one attached hydrogen (secondary N) is 1. The Labute approximate surface area is 102 Å². The van der Waals surface area contributed by atoms with E-state index in [1.807, 2.05) is 0 Å². The molecule has 1 rings (SSSR count). The second kappa shape index (κ2) is 6.55. The number of halogens is 1. The normalized spacial score (nSPS) is 12.5. The predicted molar refractivity (Wildman–Crippen MR) is 62.2 cm³/mol. The van der Waals surface area contributed by atoms with Gasteiger partial charge < -0.3 is 20.6 Å². The average molecular weight is 264 g/mol. The van der Waals surface area contributed by atoms with E-state index in [-0.39, 0.29) is 37.0 Å². The molecule has 8 heteroatoms. The van der Waals surface area contributed by atoms with Gasteiger partial charge >= 0.3 is 0 Å². The lowest BCUT2D eigenvalue weighted by Gasteiger charge is -2.11. The maximum atomic E-state index is 11.6. The van der Waals surface area contributed by atoms with Crippen LogP contribution in [-0.4, -0.2) is 51.0 Å². The van der Waals surface area contributed by atoms with E-state index in [0.29, 0.717) is 0 Å². The summed E-state index contributed by atoms with van der Waals surface area (Å²) >= 11 is 5.80. The predicted octanol–water partition coefficient (Wildman–Crippen LogP) is -1.35. The lowest BCUT2D eigenvalue weighted by molar-refractivity contribution is 0.105. The lowest BCUT2D eigenvalue weighted by Crippen LogP contribution is -2.28. The first kappa shape index (κ1) is 13.9. The Morgan fingerprint density at radius 3 is 2.82 bits per heavy atom. The van der Waals surface area contributed by atoms with Crippen molar-refractivity contribution in [1.29, 1.82) is 0 Å². The van der Waals surface area contributed by atoms with E-state index in [4.69, 9.17) is 26.9 Å². The van der Waals surface area contributed by atoms with Gasteiger partial charge in [-0.15, -0.1) is 0 Å². The van der Waals surface area contributed by atoms with Crippen LogP contribution in [0, 0.1) is 0 Å². The van der Waals surface area contributed by atoms with Gasteiger partial charge in [0.25, 0.3) is 5.56 Å². The minimum atomic E-state index is -0.939. The molecule has 0 aliphatic carbocycles. The molecule has 0 radical (unpaired) electrons. The third-order valence-electron chi connectivity index (χ3n) is 2.04. The summed E-state index contributed by atoms with van der Waals surface area (Å²) in [4.78, 5) is 11.6. The monoisotopic (exact) mass is 263 g/mol. The quantitative estimate of drug-likeness (QED) is 0.506. The van der Waals surface area contributed by atoms with Crippen LogP contribution < -0.4 is 10.9 Å². The number of anilines is 1. The van der Waals surface area contributed by atoms with Gasteiger partial charge in [-0.2, -0.15) is 5.10 Å². The molecule has 0 amide bonds. The molecule has 0 fully saturated rings. The highest BCUT2D eigenvalue weighted by Crippen LogP contribution is 2.14. The Morgan fingerprint density at radius 2 is 2.24 bits per heavy atom. The molecular formula is C9H14ClN3O4. The fourth-order valence-electron chi connectivity index (χ4n) is 1.13. The van der Waals surface area contributed by atoms with Gasteiger partial charge in [-0.25, -0.2) is 4.68 Å². The highest BCUT2D eigenvalue weighted by atomic mass is 35.5. The first-order chi connectivity index (χ1) is 8.10. The number of hydrogen-bond acceptors (Lipinski definition) is 6. The van der Waals surface area contributed by atoms with E-state index >= 15 is 0 Å². The van der Waals surface area contributed by atoms with Crippen molar-refractivity contribution in [2.24, 2.45) is 0 Å². The van der Waals surface area contributed by atoms with E-state index in [1.165, 1.54) is 6.20 Å². The van der Waals surface area contributed by atoms with Crippen LogP contribution in [0.5, 0.6) is 0 Å². The Balaban J connectivity index is 2.82. The van der Waals surface area contributed by atoms with Crippen LogP contribution in [0.4, 0.5) is 5.69 Å². The van der Waals surface area contributed by atoms with Gasteiger partial charge in [0.1, 0.15) is 5.02 Å². The minimum Gasteiger partial charge on any atom is -0.394 e. The Morgan fingerprint density at radius 1 is 1.53 bits per heavy atom. The molecule has 1 heterocycles. The summed E-state index contributed by atoms with van der Waals surface area (Å²) in [5, 5.41) is 32.8. The van der Waals surface area contributed by atoms with E-state index in [1.54, 1.807) is 0 Å². The van der Waals surface area contributed by atoms with Crippen LogP contribution in [0.3, 0.4) is 0 Å². The summed E-state index contributed by atoms with van der Waals surface area (Å²) in [5.41, 5.74) is -0.248. The van der Waals surface area contributed by atoms with Gasteiger partial charge in [0, 0.05) is 6.54 Å². The first-order valence-electron chi connectivity index (χ1n) is 4.99. The minimum absolute atomic E-state index is 0.0569. The molecule has 4 N–H and O–H groups in total. The number of hydrogen-bond donors (Lipinski definition) is 4. The highest BCUT2D eigenvalue weighted by Gasteiger charge is 2.10. The second-order valence-corrected chi connectivity index (χ2v) is 3.72. The van der Waals surface area contributed by atoms with E-state index < -0.39 is 11.7 Å². The highest BCUT2D eigenvalue weighted by molar-refractivity contribution is 6.32. The third-order valence-corrected chi connectivity index (χ3v) is 2.40. The number of aromatic nitrogens is 2. The molecular weight excluding hydrogens is 250 g/mol. The van der Waals surface area contributed by atoms with Gasteiger partial charge in [0.15, 0.2) is 0 Å². The summed E-state index contributed by atoms with van der Waals surface area (Å²) in [6.45, 7) is -0.474. The molecule has 0 aliphatic heterocycles. The smallest absolute Gasteiger partial charge is 0.287 e. The molecule has 1 unspecified atom stereocenters. The van der Waals surface area contributed by atoms with Gasteiger partial charge in [-0.1, -0.05) is 11.6 Å². The molecule has 0 saturated carbocycles. The topological polar surface area (TPSA) is 108 Å². The van der Waals surface area contributed by atoms with Crippen LogP contribution in [0.15, 0.2) is 11.0 Å². The number of nitrogens with zero attached hydrogens (tertiary/aromatic N) is 2. The molecule has 1 aromatic heterocycles. The van der Waals surface area contributed by atoms with E-state index in [2.05, 4.69) is 10.4 Å². The molecule has 0 spiro atoms. The first-order valence-corrected chi connectivity index (χ1v) is 5.37. The van der Waals surface area contributed by atoms with Crippen LogP contribution in [0.1, 0.15) is 0 Å². The van der Waals surface area contributed by atoms with E-state index in [0.717, 1.165) is 4.68 Å². The SMILES string of the molecule is O=c1c(Cl)c(NCC(O)CO)cnn1CCO. The fourth-order valence-corrected chi connectivity index (χ4v) is 1.35. The largest absolute Gasteiger partial charge is 0.394 e. The molecule has 1 aromatic rings. The van der Waals surface area contributed by atoms with Crippen LogP contribution >= 0.6 is 11.6 Å². The third kappa shape index (κ3) is 3.67. The van der Waals surface area contributed by atoms with Crippen molar-refractivity contribution in [3.8, 4) is 0 Å². The fraction of sp³-hybridized carbons (Fsp3) is 0.556. The van der Waals surface area contributed by atoms with Crippen molar-refractivity contribution in [2.45, 2.75) is 12.6 Å². The molecule has 1 atom stereocenters. The van der Waals surface area contributed by atoms with Crippen molar-refractivity contribution in [1.82, 2.24) is 9.78 Å². The summed E-state index contributed by atoms with van der Waals surface area (Å²) in [6.07, 6.45) is 0.384. The summed E-state index contributed by atoms with van der Waals surface area (Å²) in [6, 6.07) is 0. The van der Waals surface area contributed by atoms with Crippen LogP contribution in [0.2, 0.25) is 5.02 Å². The molecule has 0 bridgehead atoms. The molecule has 0 saturated heterocycles. The Kier molecular flexibility index (Phi) is 5.36. The van der Waals surface area contributed by atoms with Crippen LogP contribution in [-0.2, 0) is 6.54 Å². The average Bonchev–Trinajstić information content (AvgIpc) is 2.34. The molecule has 7 nitrogen and oxygen atoms in total. The number of aliphatic hydroxyl groups is 3. The molecule has 17 heavy (non-hydrogen) atoms. The van der Waals surface area contributed by atoms with Crippen molar-refractivity contribution < 1.29 is 15.3 Å². The van der Waals surface area contributed by atoms with Gasteiger partial charge in [0.2, 0.25) is 0 Å². The van der Waals surface area contributed by atoms with Crippen molar-refractivity contribution in [2.75, 3.05) is 25.1 Å². The zero-order chi connectivity index (χ0) is 12.8. The summed E-state index contributed by atoms with van der Waals surface area (Å²) in [7, 11) is 0. The zero-order valence-corrected chi connectivity index (χ0v) is 9.76. The summed E-state index contributed by atoms with van der Waals surface area (Å²) < 4.78 is 1.04. The van der Waals surface area contributed by atoms with Crippen molar-refractivity contribution in [3.05, 3.63) is 21.6 Å². The van der Waals surface area contributed by atoms with Gasteiger partial charge in [0.05, 0.1) is 37.7 Å². The second-order valence-electron chi connectivity index (χ2n) is 3.34. The lowest BCUT2D eigenvalue weighted by atomic mass is 10.3. The van der Waals surface area contributed by atoms with Gasteiger partial charge in [-0.3, -0.25) is 4.79 Å². The maximum absolute atomic E-state index is 11.6. The van der Waals surface area contributed by atoms with E-state index in [9.17, 15) is 4.79 Å². The molecule has 0 aliphatic rings. The summed E-state index contributed by atoms with van der Waals surface area (Å²) in [5.74, 6) is 0. The Bertz CT molecular complexity index is 423. The Hall–Kier alpha value is -1.15. The zero-order valence-electron chi connectivity index (χ0n) is 9.01. The maximum Gasteiger partial charge on any atom is 0.287 e. The molecule has 0 aromatic carbocycles. The number of rotatable bonds is 6. The van der Waals surface area contributed by atoms with Crippen molar-refractivity contribution in [3.63, 3.8) is 0 Å². The van der Waals surface area contributed by atoms with Crippen LogP contribution in [0.25, 0.3) is 0 Å². The standard InChI is InChI=1S/C9H14ClN3O4/c10-8-7(11-3-6(16)5-15)4-12-13(1-2-14)9(8)17/h4,6,11,14-16H,1-3,5H2. The molecule has 96 valence electrons. The number of aliphatic hydroxyl groups excluding tert-OH is 3. The van der Waals surface area contributed by atoms with Crippen molar-refractivity contribution >= 4 is 17.3 Å².